The molecule has 1 fully saturated rings. The standard InChI is InChI=1S/C24H29N3O3/c1-24(2,3)19-8-4-18(5-9-19)23(30)27-14-12-17(13-15-27)22(29)26-20-10-6-16(7-11-20)21(25)28/h4-11,17H,12-15H2,1-3H3,(H2,25,28)(H,26,29). The van der Waals surface area contributed by atoms with Crippen molar-refractivity contribution >= 4 is 23.4 Å². The summed E-state index contributed by atoms with van der Waals surface area (Å²) >= 11 is 0. The lowest BCUT2D eigenvalue weighted by atomic mass is 9.86. The number of benzene rings is 2. The zero-order chi connectivity index (χ0) is 21.9. The number of primary amides is 1. The Morgan fingerprint density at radius 2 is 1.43 bits per heavy atom. The second kappa shape index (κ2) is 8.69. The average molecular weight is 408 g/mol. The van der Waals surface area contributed by atoms with Gasteiger partial charge in [-0.1, -0.05) is 32.9 Å². The number of carbonyl (C=O) groups excluding carboxylic acids is 3. The predicted molar refractivity (Wildman–Crippen MR) is 117 cm³/mol. The van der Waals surface area contributed by atoms with Crippen LogP contribution in [-0.2, 0) is 10.2 Å². The Bertz CT molecular complexity index is 920. The fraction of sp³-hybridized carbons (Fsp3) is 0.375. The van der Waals surface area contributed by atoms with Crippen molar-refractivity contribution in [3.8, 4) is 0 Å². The van der Waals surface area contributed by atoms with Crippen LogP contribution in [0.2, 0.25) is 0 Å². The van der Waals surface area contributed by atoms with Crippen LogP contribution in [0.3, 0.4) is 0 Å². The first-order valence-electron chi connectivity index (χ1n) is 10.3. The molecule has 3 N–H and O–H groups in total. The SMILES string of the molecule is CC(C)(C)c1ccc(C(=O)N2CCC(C(=O)Nc3ccc(C(N)=O)cc3)CC2)cc1. The van der Waals surface area contributed by atoms with Gasteiger partial charge in [-0.15, -0.1) is 0 Å². The van der Waals surface area contributed by atoms with Gasteiger partial charge in [0.2, 0.25) is 11.8 Å². The summed E-state index contributed by atoms with van der Waals surface area (Å²) in [5.41, 5.74) is 8.18. The second-order valence-electron chi connectivity index (χ2n) is 8.82. The van der Waals surface area contributed by atoms with Gasteiger partial charge in [0.25, 0.3) is 5.91 Å². The number of amides is 3. The van der Waals surface area contributed by atoms with E-state index in [4.69, 9.17) is 5.73 Å². The van der Waals surface area contributed by atoms with Crippen LogP contribution in [0.25, 0.3) is 0 Å². The van der Waals surface area contributed by atoms with Crippen LogP contribution < -0.4 is 11.1 Å². The topological polar surface area (TPSA) is 92.5 Å². The largest absolute Gasteiger partial charge is 0.366 e. The first-order valence-corrected chi connectivity index (χ1v) is 10.3. The highest BCUT2D eigenvalue weighted by Gasteiger charge is 2.28. The van der Waals surface area contributed by atoms with E-state index in [1.807, 2.05) is 29.2 Å². The van der Waals surface area contributed by atoms with Crippen LogP contribution in [0, 0.1) is 5.92 Å². The second-order valence-corrected chi connectivity index (χ2v) is 8.82. The molecule has 6 nitrogen and oxygen atoms in total. The van der Waals surface area contributed by atoms with Gasteiger partial charge in [0.05, 0.1) is 0 Å². The molecule has 6 heteroatoms. The number of piperidine rings is 1. The lowest BCUT2D eigenvalue weighted by Crippen LogP contribution is -2.41. The van der Waals surface area contributed by atoms with E-state index < -0.39 is 5.91 Å². The first-order chi connectivity index (χ1) is 14.1. The maximum Gasteiger partial charge on any atom is 0.253 e. The van der Waals surface area contributed by atoms with Gasteiger partial charge in [-0.2, -0.15) is 0 Å². The summed E-state index contributed by atoms with van der Waals surface area (Å²) in [6.07, 6.45) is 1.24. The van der Waals surface area contributed by atoms with Crippen LogP contribution in [0.4, 0.5) is 5.69 Å². The van der Waals surface area contributed by atoms with E-state index in [1.54, 1.807) is 24.3 Å². The van der Waals surface area contributed by atoms with Crippen LogP contribution >= 0.6 is 0 Å². The van der Waals surface area contributed by atoms with Crippen molar-refractivity contribution < 1.29 is 14.4 Å². The van der Waals surface area contributed by atoms with Crippen molar-refractivity contribution in [1.82, 2.24) is 4.90 Å². The molecule has 30 heavy (non-hydrogen) atoms. The molecule has 0 radical (unpaired) electrons. The van der Waals surface area contributed by atoms with Crippen LogP contribution in [0.1, 0.15) is 59.9 Å². The summed E-state index contributed by atoms with van der Waals surface area (Å²) < 4.78 is 0. The van der Waals surface area contributed by atoms with E-state index in [-0.39, 0.29) is 23.1 Å². The summed E-state index contributed by atoms with van der Waals surface area (Å²) in [7, 11) is 0. The van der Waals surface area contributed by atoms with Gasteiger partial charge in [0.15, 0.2) is 0 Å². The van der Waals surface area contributed by atoms with Crippen molar-refractivity contribution in [1.29, 1.82) is 0 Å². The van der Waals surface area contributed by atoms with Gasteiger partial charge in [-0.3, -0.25) is 14.4 Å². The smallest absolute Gasteiger partial charge is 0.253 e. The van der Waals surface area contributed by atoms with E-state index in [1.165, 1.54) is 5.56 Å². The molecular formula is C24H29N3O3. The molecule has 1 aliphatic heterocycles. The Kier molecular flexibility index (Phi) is 6.25. The number of carbonyl (C=O) groups is 3. The molecule has 1 heterocycles. The van der Waals surface area contributed by atoms with E-state index in [0.717, 1.165) is 0 Å². The highest BCUT2D eigenvalue weighted by atomic mass is 16.2. The molecule has 3 amide bonds. The van der Waals surface area contributed by atoms with Gasteiger partial charge >= 0.3 is 0 Å². The lowest BCUT2D eigenvalue weighted by Gasteiger charge is -2.31. The molecule has 0 saturated carbocycles. The zero-order valence-electron chi connectivity index (χ0n) is 17.8. The number of nitrogens with zero attached hydrogens (tertiary/aromatic N) is 1. The molecule has 1 saturated heterocycles. The maximum absolute atomic E-state index is 12.8. The monoisotopic (exact) mass is 407 g/mol. The number of nitrogens with one attached hydrogen (secondary N) is 1. The van der Waals surface area contributed by atoms with Crippen molar-refractivity contribution in [2.75, 3.05) is 18.4 Å². The molecule has 2 aromatic carbocycles. The van der Waals surface area contributed by atoms with Crippen LogP contribution in [0.15, 0.2) is 48.5 Å². The van der Waals surface area contributed by atoms with E-state index in [0.29, 0.717) is 42.7 Å². The minimum Gasteiger partial charge on any atom is -0.366 e. The summed E-state index contributed by atoms with van der Waals surface area (Å²) in [6, 6.07) is 14.3. The third-order valence-corrected chi connectivity index (χ3v) is 5.59. The third kappa shape index (κ3) is 5.06. The lowest BCUT2D eigenvalue weighted by molar-refractivity contribution is -0.121. The van der Waals surface area contributed by atoms with Crippen molar-refractivity contribution in [3.63, 3.8) is 0 Å². The number of hydrogen-bond acceptors (Lipinski definition) is 3. The molecule has 0 atom stereocenters. The molecule has 3 rings (SSSR count). The van der Waals surface area contributed by atoms with Crippen molar-refractivity contribution in [2.24, 2.45) is 11.7 Å². The fourth-order valence-electron chi connectivity index (χ4n) is 3.60. The first kappa shape index (κ1) is 21.6. The van der Waals surface area contributed by atoms with Crippen molar-refractivity contribution in [3.05, 3.63) is 65.2 Å². The minimum absolute atomic E-state index is 0.0105. The van der Waals surface area contributed by atoms with E-state index in [2.05, 4.69) is 26.1 Å². The number of rotatable bonds is 4. The van der Waals surface area contributed by atoms with Gasteiger partial charge in [-0.25, -0.2) is 0 Å². The molecule has 0 spiro atoms. The summed E-state index contributed by atoms with van der Waals surface area (Å²) in [4.78, 5) is 38.3. The Labute approximate surface area is 177 Å². The minimum atomic E-state index is -0.502. The van der Waals surface area contributed by atoms with E-state index >= 15 is 0 Å². The Hall–Kier alpha value is -3.15. The summed E-state index contributed by atoms with van der Waals surface area (Å²) in [5.74, 6) is -0.703. The van der Waals surface area contributed by atoms with Gasteiger partial charge < -0.3 is 16.0 Å². The molecule has 0 bridgehead atoms. The Morgan fingerprint density at radius 1 is 0.900 bits per heavy atom. The molecule has 158 valence electrons. The zero-order valence-corrected chi connectivity index (χ0v) is 17.8. The maximum atomic E-state index is 12.8. The number of hydrogen-bond donors (Lipinski definition) is 2. The number of anilines is 1. The van der Waals surface area contributed by atoms with Crippen LogP contribution in [-0.4, -0.2) is 35.7 Å². The molecule has 0 aromatic heterocycles. The quantitative estimate of drug-likeness (QED) is 0.811. The normalized spacial score (nSPS) is 15.0. The molecule has 0 unspecified atom stereocenters. The van der Waals surface area contributed by atoms with Gasteiger partial charge in [-0.05, 0) is 60.2 Å². The summed E-state index contributed by atoms with van der Waals surface area (Å²) in [6.45, 7) is 7.54. The molecule has 0 aliphatic carbocycles. The summed E-state index contributed by atoms with van der Waals surface area (Å²) in [5, 5.41) is 2.88. The molecule has 1 aliphatic rings. The Balaban J connectivity index is 1.54. The predicted octanol–water partition coefficient (Wildman–Crippen LogP) is 3.57. The number of likely N-dealkylation sites (tertiary alicyclic amines) is 1. The van der Waals surface area contributed by atoms with Crippen LogP contribution in [0.5, 0.6) is 0 Å². The van der Waals surface area contributed by atoms with E-state index in [9.17, 15) is 14.4 Å². The highest BCUT2D eigenvalue weighted by Crippen LogP contribution is 2.24. The number of nitrogens with two attached hydrogens (primary N) is 1. The van der Waals surface area contributed by atoms with Gasteiger partial charge in [0, 0.05) is 35.8 Å². The molecular weight excluding hydrogens is 378 g/mol. The van der Waals surface area contributed by atoms with Gasteiger partial charge in [0.1, 0.15) is 0 Å². The molecule has 2 aromatic rings. The average Bonchev–Trinajstić information content (AvgIpc) is 2.73. The highest BCUT2D eigenvalue weighted by molar-refractivity contribution is 5.96. The third-order valence-electron chi connectivity index (χ3n) is 5.59. The van der Waals surface area contributed by atoms with Crippen molar-refractivity contribution in [2.45, 2.75) is 39.0 Å². The Morgan fingerprint density at radius 3 is 1.93 bits per heavy atom. The fourth-order valence-corrected chi connectivity index (χ4v) is 3.60.